The third-order valence-corrected chi connectivity index (χ3v) is 5.53. The molecule has 0 fully saturated rings. The van der Waals surface area contributed by atoms with Crippen molar-refractivity contribution < 1.29 is 5.11 Å². The van der Waals surface area contributed by atoms with Crippen LogP contribution in [-0.2, 0) is 12.0 Å². The largest absolute Gasteiger partial charge is 0.395 e. The molecule has 0 spiro atoms. The van der Waals surface area contributed by atoms with Gasteiger partial charge in [-0.3, -0.25) is 0 Å². The number of aryl methyl sites for hydroxylation is 1. The summed E-state index contributed by atoms with van der Waals surface area (Å²) in [5.74, 6) is 0.481. The molecule has 0 aliphatic heterocycles. The van der Waals surface area contributed by atoms with E-state index in [-0.39, 0.29) is 12.0 Å². The van der Waals surface area contributed by atoms with Crippen LogP contribution < -0.4 is 5.32 Å². The van der Waals surface area contributed by atoms with Crippen LogP contribution in [0.3, 0.4) is 0 Å². The van der Waals surface area contributed by atoms with Crippen molar-refractivity contribution in [2.24, 2.45) is 0 Å². The van der Waals surface area contributed by atoms with Crippen LogP contribution in [0.5, 0.6) is 0 Å². The highest BCUT2D eigenvalue weighted by molar-refractivity contribution is 5.31. The van der Waals surface area contributed by atoms with Crippen molar-refractivity contribution in [1.29, 1.82) is 0 Å². The van der Waals surface area contributed by atoms with Crippen molar-refractivity contribution in [3.63, 3.8) is 0 Å². The van der Waals surface area contributed by atoms with E-state index in [0.717, 1.165) is 38.9 Å². The van der Waals surface area contributed by atoms with Gasteiger partial charge in [0, 0.05) is 30.9 Å². The number of hydrogen-bond acceptors (Lipinski definition) is 3. The molecule has 0 bridgehead atoms. The number of nitrogens with one attached hydrogen (secondary N) is 1. The molecule has 1 aromatic heterocycles. The number of benzene rings is 1. The van der Waals surface area contributed by atoms with Gasteiger partial charge in [-0.05, 0) is 42.9 Å². The normalized spacial score (nSPS) is 13.1. The third-order valence-electron chi connectivity index (χ3n) is 5.53. The number of nitrogens with zero attached hydrogens (tertiary/aromatic N) is 2. The lowest BCUT2D eigenvalue weighted by Crippen LogP contribution is -2.29. The zero-order valence-electron chi connectivity index (χ0n) is 15.9. The van der Waals surface area contributed by atoms with Crippen molar-refractivity contribution in [2.45, 2.75) is 57.9 Å². The molecule has 1 atom stereocenters. The first-order chi connectivity index (χ1) is 12.1. The fourth-order valence-electron chi connectivity index (χ4n) is 3.38. The Labute approximate surface area is 152 Å². The molecule has 2 rings (SSSR count). The van der Waals surface area contributed by atoms with Crippen LogP contribution in [0, 0.1) is 0 Å². The predicted octanol–water partition coefficient (Wildman–Crippen LogP) is 3.72. The second kappa shape index (κ2) is 9.73. The van der Waals surface area contributed by atoms with Crippen LogP contribution in [0.15, 0.2) is 43.0 Å². The molecule has 0 radical (unpaired) electrons. The van der Waals surface area contributed by atoms with Crippen LogP contribution >= 0.6 is 0 Å². The number of aliphatic hydroxyl groups excluding tert-OH is 1. The summed E-state index contributed by atoms with van der Waals surface area (Å²) in [6, 6.07) is 8.86. The van der Waals surface area contributed by atoms with Gasteiger partial charge in [-0.15, -0.1) is 0 Å². The molecular formula is C21H33N3O. The summed E-state index contributed by atoms with van der Waals surface area (Å²) in [7, 11) is 0. The zero-order chi connectivity index (χ0) is 18.1. The molecule has 1 unspecified atom stereocenters. The van der Waals surface area contributed by atoms with Gasteiger partial charge >= 0.3 is 0 Å². The Morgan fingerprint density at radius 2 is 1.92 bits per heavy atom. The number of imidazole rings is 1. The lowest BCUT2D eigenvalue weighted by atomic mass is 9.76. The van der Waals surface area contributed by atoms with Crippen molar-refractivity contribution >= 4 is 0 Å². The topological polar surface area (TPSA) is 50.1 Å². The molecule has 25 heavy (non-hydrogen) atoms. The number of aliphatic hydroxyl groups is 1. The fourth-order valence-corrected chi connectivity index (χ4v) is 3.38. The average molecular weight is 344 g/mol. The van der Waals surface area contributed by atoms with Gasteiger partial charge in [-0.25, -0.2) is 4.98 Å². The lowest BCUT2D eigenvalue weighted by molar-refractivity contribution is 0.183. The van der Waals surface area contributed by atoms with Gasteiger partial charge in [0.25, 0.3) is 0 Å². The highest BCUT2D eigenvalue weighted by Crippen LogP contribution is 2.31. The molecule has 0 aliphatic rings. The van der Waals surface area contributed by atoms with Crippen LogP contribution in [0.4, 0.5) is 0 Å². The smallest absolute Gasteiger partial charge is 0.0945 e. The average Bonchev–Trinajstić information content (AvgIpc) is 3.17. The molecule has 1 heterocycles. The molecule has 2 aromatic rings. The number of aromatic nitrogens is 2. The molecule has 1 aromatic carbocycles. The maximum absolute atomic E-state index is 9.83. The second-order valence-corrected chi connectivity index (χ2v) is 7.03. The fraction of sp³-hybridized carbons (Fsp3) is 0.571. The number of rotatable bonds is 11. The van der Waals surface area contributed by atoms with Gasteiger partial charge in [-0.2, -0.15) is 0 Å². The predicted molar refractivity (Wildman–Crippen MR) is 104 cm³/mol. The Hall–Kier alpha value is -1.65. The highest BCUT2D eigenvalue weighted by atomic mass is 16.3. The summed E-state index contributed by atoms with van der Waals surface area (Å²) in [6.45, 7) is 9.79. The monoisotopic (exact) mass is 343 g/mol. The van der Waals surface area contributed by atoms with E-state index in [1.165, 1.54) is 11.1 Å². The minimum Gasteiger partial charge on any atom is -0.395 e. The zero-order valence-corrected chi connectivity index (χ0v) is 15.9. The minimum atomic E-state index is -0.0899. The van der Waals surface area contributed by atoms with Gasteiger partial charge in [-0.1, -0.05) is 45.0 Å². The molecule has 138 valence electrons. The molecule has 4 heteroatoms. The molecule has 0 aliphatic carbocycles. The Kier molecular flexibility index (Phi) is 7.66. The first-order valence-electron chi connectivity index (χ1n) is 9.53. The van der Waals surface area contributed by atoms with E-state index in [9.17, 15) is 5.11 Å². The van der Waals surface area contributed by atoms with E-state index in [0.29, 0.717) is 5.92 Å². The van der Waals surface area contributed by atoms with E-state index in [2.05, 4.69) is 59.9 Å². The molecule has 2 N–H and O–H groups in total. The first kappa shape index (κ1) is 19.7. The van der Waals surface area contributed by atoms with Crippen molar-refractivity contribution in [3.05, 3.63) is 54.1 Å². The Balaban J connectivity index is 1.80. The lowest BCUT2D eigenvalue weighted by Gasteiger charge is -2.30. The van der Waals surface area contributed by atoms with E-state index in [4.69, 9.17) is 0 Å². The van der Waals surface area contributed by atoms with Gasteiger partial charge in [0.15, 0.2) is 0 Å². The summed E-state index contributed by atoms with van der Waals surface area (Å²) in [5, 5.41) is 13.4. The van der Waals surface area contributed by atoms with E-state index in [1.54, 1.807) is 0 Å². The molecule has 4 nitrogen and oxygen atoms in total. The minimum absolute atomic E-state index is 0.0899. The van der Waals surface area contributed by atoms with Crippen molar-refractivity contribution in [2.75, 3.05) is 19.7 Å². The highest BCUT2D eigenvalue weighted by Gasteiger charge is 2.27. The summed E-state index contributed by atoms with van der Waals surface area (Å²) in [5.41, 5.74) is 2.52. The Morgan fingerprint density at radius 1 is 1.20 bits per heavy atom. The van der Waals surface area contributed by atoms with Crippen LogP contribution in [0.1, 0.15) is 57.1 Å². The molecular weight excluding hydrogens is 310 g/mol. The third kappa shape index (κ3) is 5.16. The van der Waals surface area contributed by atoms with E-state index in [1.807, 2.05) is 18.7 Å². The SMILES string of the molecule is CCC(CC)(CO)c1ccc(C(C)CNCCCn2ccnc2)cc1. The maximum Gasteiger partial charge on any atom is 0.0945 e. The molecule has 0 saturated heterocycles. The van der Waals surface area contributed by atoms with Gasteiger partial charge in [0.2, 0.25) is 0 Å². The quantitative estimate of drug-likeness (QED) is 0.612. The summed E-state index contributed by atoms with van der Waals surface area (Å²) >= 11 is 0. The summed E-state index contributed by atoms with van der Waals surface area (Å²) < 4.78 is 2.11. The van der Waals surface area contributed by atoms with Crippen LogP contribution in [0.2, 0.25) is 0 Å². The van der Waals surface area contributed by atoms with Gasteiger partial charge < -0.3 is 15.0 Å². The van der Waals surface area contributed by atoms with E-state index < -0.39 is 0 Å². The van der Waals surface area contributed by atoms with Crippen LogP contribution in [-0.4, -0.2) is 34.4 Å². The Morgan fingerprint density at radius 3 is 2.48 bits per heavy atom. The van der Waals surface area contributed by atoms with E-state index >= 15 is 0 Å². The summed E-state index contributed by atoms with van der Waals surface area (Å²) in [6.07, 6.45) is 8.73. The standard InChI is InChI=1S/C21H33N3O/c1-4-21(5-2,16-25)20-9-7-19(8-10-20)18(3)15-22-11-6-13-24-14-12-23-17-24/h7-10,12,14,17-18,22,25H,4-6,11,13,15-16H2,1-3H3. The van der Waals surface area contributed by atoms with Crippen molar-refractivity contribution in [1.82, 2.24) is 14.9 Å². The van der Waals surface area contributed by atoms with Crippen LogP contribution in [0.25, 0.3) is 0 Å². The number of hydrogen-bond donors (Lipinski definition) is 2. The summed E-state index contributed by atoms with van der Waals surface area (Å²) in [4.78, 5) is 4.06. The molecule has 0 amide bonds. The molecule has 0 saturated carbocycles. The second-order valence-electron chi connectivity index (χ2n) is 7.03. The Bertz CT molecular complexity index is 580. The van der Waals surface area contributed by atoms with Gasteiger partial charge in [0.05, 0.1) is 12.9 Å². The maximum atomic E-state index is 9.83. The first-order valence-corrected chi connectivity index (χ1v) is 9.53. The van der Waals surface area contributed by atoms with Gasteiger partial charge in [0.1, 0.15) is 0 Å². The van der Waals surface area contributed by atoms with Crippen molar-refractivity contribution in [3.8, 4) is 0 Å².